The lowest BCUT2D eigenvalue weighted by molar-refractivity contribution is -0.139. The third kappa shape index (κ3) is 2.68. The van der Waals surface area contributed by atoms with E-state index in [-0.39, 0.29) is 0 Å². The van der Waals surface area contributed by atoms with Crippen molar-refractivity contribution >= 4 is 5.97 Å². The quantitative estimate of drug-likeness (QED) is 0.575. The van der Waals surface area contributed by atoms with Gasteiger partial charge in [-0.1, -0.05) is 0 Å². The van der Waals surface area contributed by atoms with Crippen molar-refractivity contribution in [3.63, 3.8) is 0 Å². The standard InChI is InChI=1S/C9H8F3NO2/c1-15-7(14)4-6-5(8(10)11)2-3-13-9(6)12/h2-3,8H,4H2,1H3. The highest BCUT2D eigenvalue weighted by Gasteiger charge is 2.19. The first-order valence-electron chi connectivity index (χ1n) is 4.04. The number of hydrogen-bond donors (Lipinski definition) is 0. The first kappa shape index (κ1) is 11.5. The molecule has 0 radical (unpaired) electrons. The number of carbonyl (C=O) groups excluding carboxylic acids is 1. The second-order valence-corrected chi connectivity index (χ2v) is 2.72. The summed E-state index contributed by atoms with van der Waals surface area (Å²) in [6.07, 6.45) is -2.46. The Balaban J connectivity index is 3.07. The minimum absolute atomic E-state index is 0.417. The lowest BCUT2D eigenvalue weighted by atomic mass is 10.1. The van der Waals surface area contributed by atoms with Crippen LogP contribution in [0.3, 0.4) is 0 Å². The Kier molecular flexibility index (Phi) is 3.65. The van der Waals surface area contributed by atoms with Gasteiger partial charge in [0.2, 0.25) is 5.95 Å². The van der Waals surface area contributed by atoms with Crippen molar-refractivity contribution in [3.8, 4) is 0 Å². The predicted molar refractivity (Wildman–Crippen MR) is 44.9 cm³/mol. The molecular weight excluding hydrogens is 211 g/mol. The van der Waals surface area contributed by atoms with E-state index in [1.807, 2.05) is 0 Å². The fourth-order valence-electron chi connectivity index (χ4n) is 1.08. The predicted octanol–water partition coefficient (Wildman–Crippen LogP) is 1.87. The molecule has 0 N–H and O–H groups in total. The lowest BCUT2D eigenvalue weighted by Gasteiger charge is -2.07. The molecule has 1 heterocycles. The molecule has 6 heteroatoms. The van der Waals surface area contributed by atoms with E-state index in [1.54, 1.807) is 0 Å². The van der Waals surface area contributed by atoms with Crippen molar-refractivity contribution in [2.45, 2.75) is 12.8 Å². The molecule has 0 saturated heterocycles. The molecule has 0 amide bonds. The van der Waals surface area contributed by atoms with Crippen LogP contribution < -0.4 is 0 Å². The fourth-order valence-corrected chi connectivity index (χ4v) is 1.08. The van der Waals surface area contributed by atoms with Crippen LogP contribution in [0.15, 0.2) is 12.3 Å². The largest absolute Gasteiger partial charge is 0.469 e. The minimum atomic E-state index is -2.85. The maximum absolute atomic E-state index is 13.1. The first-order chi connectivity index (χ1) is 7.06. The lowest BCUT2D eigenvalue weighted by Crippen LogP contribution is -2.10. The van der Waals surface area contributed by atoms with Gasteiger partial charge in [0.15, 0.2) is 0 Å². The highest BCUT2D eigenvalue weighted by Crippen LogP contribution is 2.24. The van der Waals surface area contributed by atoms with Crippen molar-refractivity contribution in [3.05, 3.63) is 29.3 Å². The van der Waals surface area contributed by atoms with Crippen molar-refractivity contribution in [1.29, 1.82) is 0 Å². The second-order valence-electron chi connectivity index (χ2n) is 2.72. The Bertz CT molecular complexity index is 368. The summed E-state index contributed by atoms with van der Waals surface area (Å²) in [5.74, 6) is -1.86. The Hall–Kier alpha value is -1.59. The summed E-state index contributed by atoms with van der Waals surface area (Å²) in [4.78, 5) is 14.0. The number of halogens is 3. The van der Waals surface area contributed by atoms with E-state index in [1.165, 1.54) is 0 Å². The molecule has 1 rings (SSSR count). The van der Waals surface area contributed by atoms with Crippen LogP contribution in [0.25, 0.3) is 0 Å². The number of rotatable bonds is 3. The molecule has 0 atom stereocenters. The molecule has 15 heavy (non-hydrogen) atoms. The van der Waals surface area contributed by atoms with Crippen molar-refractivity contribution in [2.24, 2.45) is 0 Å². The van der Waals surface area contributed by atoms with Crippen LogP contribution in [0.1, 0.15) is 17.6 Å². The zero-order chi connectivity index (χ0) is 11.4. The average Bonchev–Trinajstić information content (AvgIpc) is 2.20. The Labute approximate surface area is 83.9 Å². The van der Waals surface area contributed by atoms with Crippen LogP contribution in [0.5, 0.6) is 0 Å². The number of hydrogen-bond acceptors (Lipinski definition) is 3. The third-order valence-corrected chi connectivity index (χ3v) is 1.82. The summed E-state index contributed by atoms with van der Waals surface area (Å²) in [5, 5.41) is 0. The highest BCUT2D eigenvalue weighted by atomic mass is 19.3. The summed E-state index contributed by atoms with van der Waals surface area (Å²) in [6.45, 7) is 0. The van der Waals surface area contributed by atoms with Gasteiger partial charge < -0.3 is 4.74 Å². The van der Waals surface area contributed by atoms with Crippen LogP contribution in [0, 0.1) is 5.95 Å². The van der Waals surface area contributed by atoms with Gasteiger partial charge in [-0.25, -0.2) is 13.8 Å². The molecule has 3 nitrogen and oxygen atoms in total. The van der Waals surface area contributed by atoms with Gasteiger partial charge in [-0.3, -0.25) is 4.79 Å². The number of nitrogens with zero attached hydrogens (tertiary/aromatic N) is 1. The van der Waals surface area contributed by atoms with E-state index < -0.39 is 35.9 Å². The molecule has 0 aromatic carbocycles. The van der Waals surface area contributed by atoms with Gasteiger partial charge >= 0.3 is 5.97 Å². The number of alkyl halides is 2. The monoisotopic (exact) mass is 219 g/mol. The van der Waals surface area contributed by atoms with Gasteiger partial charge in [-0.05, 0) is 6.07 Å². The molecule has 0 aliphatic rings. The summed E-state index contributed by atoms with van der Waals surface area (Å²) < 4.78 is 42.2. The number of carbonyl (C=O) groups is 1. The van der Waals surface area contributed by atoms with Gasteiger partial charge in [0, 0.05) is 17.3 Å². The van der Waals surface area contributed by atoms with Crippen LogP contribution >= 0.6 is 0 Å². The van der Waals surface area contributed by atoms with E-state index in [2.05, 4.69) is 9.72 Å². The van der Waals surface area contributed by atoms with Crippen molar-refractivity contribution in [1.82, 2.24) is 4.98 Å². The summed E-state index contributed by atoms with van der Waals surface area (Å²) in [6, 6.07) is 0.978. The minimum Gasteiger partial charge on any atom is -0.469 e. The van der Waals surface area contributed by atoms with E-state index in [4.69, 9.17) is 0 Å². The molecule has 1 aromatic rings. The van der Waals surface area contributed by atoms with Gasteiger partial charge in [-0.15, -0.1) is 0 Å². The first-order valence-corrected chi connectivity index (χ1v) is 4.04. The molecule has 0 aliphatic carbocycles. The highest BCUT2D eigenvalue weighted by molar-refractivity contribution is 5.72. The third-order valence-electron chi connectivity index (χ3n) is 1.82. The summed E-state index contributed by atoms with van der Waals surface area (Å²) in [7, 11) is 1.10. The molecule has 0 bridgehead atoms. The maximum atomic E-state index is 13.1. The molecular formula is C9H8F3NO2. The zero-order valence-corrected chi connectivity index (χ0v) is 7.84. The molecule has 0 saturated carbocycles. The number of methoxy groups -OCH3 is 1. The van der Waals surface area contributed by atoms with Gasteiger partial charge in [0.1, 0.15) is 0 Å². The van der Waals surface area contributed by atoms with Gasteiger partial charge in [0.05, 0.1) is 13.5 Å². The van der Waals surface area contributed by atoms with E-state index >= 15 is 0 Å². The number of esters is 1. The van der Waals surface area contributed by atoms with Gasteiger partial charge in [-0.2, -0.15) is 4.39 Å². The molecule has 0 aliphatic heterocycles. The smallest absolute Gasteiger partial charge is 0.310 e. The van der Waals surface area contributed by atoms with Crippen molar-refractivity contribution in [2.75, 3.05) is 7.11 Å². The summed E-state index contributed by atoms with van der Waals surface area (Å²) in [5.41, 5.74) is -0.952. The number of pyridine rings is 1. The maximum Gasteiger partial charge on any atom is 0.310 e. The number of ether oxygens (including phenoxy) is 1. The average molecular weight is 219 g/mol. The molecule has 0 spiro atoms. The molecule has 82 valence electrons. The van der Waals surface area contributed by atoms with E-state index in [9.17, 15) is 18.0 Å². The molecule has 0 fully saturated rings. The van der Waals surface area contributed by atoms with Crippen LogP contribution in [0.2, 0.25) is 0 Å². The molecule has 1 aromatic heterocycles. The van der Waals surface area contributed by atoms with E-state index in [0.717, 1.165) is 19.4 Å². The van der Waals surface area contributed by atoms with Crippen LogP contribution in [-0.4, -0.2) is 18.1 Å². The zero-order valence-electron chi connectivity index (χ0n) is 7.84. The SMILES string of the molecule is COC(=O)Cc1c(C(F)F)ccnc1F. The molecule has 0 unspecified atom stereocenters. The van der Waals surface area contributed by atoms with E-state index in [0.29, 0.717) is 0 Å². The van der Waals surface area contributed by atoms with Crippen molar-refractivity contribution < 1.29 is 22.7 Å². The second kappa shape index (κ2) is 4.77. The Morgan fingerprint density at radius 2 is 2.27 bits per heavy atom. The van der Waals surface area contributed by atoms with Crippen LogP contribution in [0.4, 0.5) is 13.2 Å². The Morgan fingerprint density at radius 1 is 1.60 bits per heavy atom. The fraction of sp³-hybridized carbons (Fsp3) is 0.333. The van der Waals surface area contributed by atoms with Gasteiger partial charge in [0.25, 0.3) is 6.43 Å². The Morgan fingerprint density at radius 3 is 2.80 bits per heavy atom. The normalized spacial score (nSPS) is 10.5. The topological polar surface area (TPSA) is 39.2 Å². The summed E-state index contributed by atoms with van der Waals surface area (Å²) >= 11 is 0. The number of aromatic nitrogens is 1. The van der Waals surface area contributed by atoms with Crippen LogP contribution in [-0.2, 0) is 16.0 Å².